The quantitative estimate of drug-likeness (QED) is 0.458. The third-order valence-electron chi connectivity index (χ3n) is 7.12. The van der Waals surface area contributed by atoms with E-state index < -0.39 is 11.7 Å². The van der Waals surface area contributed by atoms with Gasteiger partial charge in [-0.1, -0.05) is 12.1 Å². The van der Waals surface area contributed by atoms with Crippen molar-refractivity contribution in [1.29, 1.82) is 0 Å². The SMILES string of the molecule is O=C(c1c(I)nc(-c2cccc(C(F)(F)F)c2)n1CC1CC1)N1CCC(N2CCCC2)CC1. The Morgan fingerprint density at radius 2 is 1.76 bits per heavy atom. The second kappa shape index (κ2) is 9.20. The molecule has 0 spiro atoms. The number of rotatable bonds is 5. The van der Waals surface area contributed by atoms with E-state index in [2.05, 4.69) is 32.5 Å². The van der Waals surface area contributed by atoms with Crippen molar-refractivity contribution in [2.24, 2.45) is 5.92 Å². The second-order valence-electron chi connectivity index (χ2n) is 9.47. The Morgan fingerprint density at radius 1 is 1.06 bits per heavy atom. The molecule has 5 nitrogen and oxygen atoms in total. The molecular formula is C24H28F3IN4O. The summed E-state index contributed by atoms with van der Waals surface area (Å²) in [6.45, 7) is 4.36. The van der Waals surface area contributed by atoms with Gasteiger partial charge in [-0.15, -0.1) is 0 Å². The van der Waals surface area contributed by atoms with Gasteiger partial charge >= 0.3 is 6.18 Å². The summed E-state index contributed by atoms with van der Waals surface area (Å²) in [5, 5.41) is 0. The first kappa shape index (κ1) is 23.1. The minimum absolute atomic E-state index is 0.0503. The highest BCUT2D eigenvalue weighted by atomic mass is 127. The Balaban J connectivity index is 1.42. The lowest BCUT2D eigenvalue weighted by Crippen LogP contribution is -2.46. The van der Waals surface area contributed by atoms with Gasteiger partial charge in [0.25, 0.3) is 5.91 Å². The number of amides is 1. The van der Waals surface area contributed by atoms with Crippen LogP contribution in [0.1, 0.15) is 54.6 Å². The Bertz CT molecular complexity index is 1020. The van der Waals surface area contributed by atoms with Gasteiger partial charge in [-0.25, -0.2) is 4.98 Å². The fourth-order valence-electron chi connectivity index (χ4n) is 5.11. The Labute approximate surface area is 205 Å². The minimum atomic E-state index is -4.42. The van der Waals surface area contributed by atoms with Crippen LogP contribution in [0.5, 0.6) is 0 Å². The van der Waals surface area contributed by atoms with Crippen LogP contribution in [0.3, 0.4) is 0 Å². The zero-order chi connectivity index (χ0) is 23.2. The molecule has 1 aromatic heterocycles. The maximum Gasteiger partial charge on any atom is 0.416 e. The van der Waals surface area contributed by atoms with Crippen LogP contribution in [0.4, 0.5) is 13.2 Å². The minimum Gasteiger partial charge on any atom is -0.337 e. The van der Waals surface area contributed by atoms with Crippen molar-refractivity contribution in [1.82, 2.24) is 19.4 Å². The maximum absolute atomic E-state index is 13.6. The molecule has 5 rings (SSSR count). The summed E-state index contributed by atoms with van der Waals surface area (Å²) in [5.41, 5.74) is 0.220. The number of hydrogen-bond acceptors (Lipinski definition) is 3. The third kappa shape index (κ3) is 4.94. The van der Waals surface area contributed by atoms with E-state index in [4.69, 9.17) is 0 Å². The molecule has 2 aromatic rings. The molecule has 178 valence electrons. The van der Waals surface area contributed by atoms with Gasteiger partial charge in [-0.2, -0.15) is 13.2 Å². The largest absolute Gasteiger partial charge is 0.416 e. The number of hydrogen-bond donors (Lipinski definition) is 0. The second-order valence-corrected chi connectivity index (χ2v) is 10.5. The smallest absolute Gasteiger partial charge is 0.337 e. The molecule has 3 heterocycles. The van der Waals surface area contributed by atoms with Crippen LogP contribution in [0.2, 0.25) is 0 Å². The summed E-state index contributed by atoms with van der Waals surface area (Å²) in [4.78, 5) is 22.7. The molecule has 0 atom stereocenters. The highest BCUT2D eigenvalue weighted by Gasteiger charge is 2.35. The lowest BCUT2D eigenvalue weighted by molar-refractivity contribution is -0.137. The average molecular weight is 572 g/mol. The molecule has 3 fully saturated rings. The lowest BCUT2D eigenvalue weighted by Gasteiger charge is -2.36. The van der Waals surface area contributed by atoms with Crippen molar-refractivity contribution in [2.75, 3.05) is 26.2 Å². The van der Waals surface area contributed by atoms with Crippen LogP contribution >= 0.6 is 22.6 Å². The van der Waals surface area contributed by atoms with Crippen molar-refractivity contribution in [2.45, 2.75) is 57.3 Å². The summed E-state index contributed by atoms with van der Waals surface area (Å²) in [6, 6.07) is 5.81. The van der Waals surface area contributed by atoms with Crippen molar-refractivity contribution >= 4 is 28.5 Å². The number of nitrogens with zero attached hydrogens (tertiary/aromatic N) is 4. The van der Waals surface area contributed by atoms with Crippen molar-refractivity contribution in [3.63, 3.8) is 0 Å². The predicted octanol–water partition coefficient (Wildman–Crippen LogP) is 5.28. The molecule has 33 heavy (non-hydrogen) atoms. The summed E-state index contributed by atoms with van der Waals surface area (Å²) in [7, 11) is 0. The number of imidazole rings is 1. The number of halogens is 4. The number of carbonyl (C=O) groups is 1. The number of carbonyl (C=O) groups excluding carboxylic acids is 1. The lowest BCUT2D eigenvalue weighted by atomic mass is 10.0. The van der Waals surface area contributed by atoms with Gasteiger partial charge in [0, 0.05) is 31.2 Å². The van der Waals surface area contributed by atoms with E-state index in [0.29, 0.717) is 52.4 Å². The summed E-state index contributed by atoms with van der Waals surface area (Å²) >= 11 is 2.06. The number of alkyl halides is 3. The first-order chi connectivity index (χ1) is 15.8. The van der Waals surface area contributed by atoms with Crippen molar-refractivity contribution in [3.05, 3.63) is 39.2 Å². The van der Waals surface area contributed by atoms with Crippen LogP contribution in [0.25, 0.3) is 11.4 Å². The molecule has 0 N–H and O–H groups in total. The van der Waals surface area contributed by atoms with Gasteiger partial charge in [0.2, 0.25) is 0 Å². The van der Waals surface area contributed by atoms with Crippen LogP contribution in [-0.4, -0.2) is 57.5 Å². The van der Waals surface area contributed by atoms with Gasteiger partial charge in [0.15, 0.2) is 0 Å². The van der Waals surface area contributed by atoms with Crippen LogP contribution in [-0.2, 0) is 12.7 Å². The van der Waals surface area contributed by atoms with E-state index in [9.17, 15) is 18.0 Å². The molecule has 0 bridgehead atoms. The first-order valence-electron chi connectivity index (χ1n) is 11.8. The van der Waals surface area contributed by atoms with Gasteiger partial charge in [0.1, 0.15) is 15.2 Å². The zero-order valence-corrected chi connectivity index (χ0v) is 20.6. The Morgan fingerprint density at radius 3 is 2.39 bits per heavy atom. The molecule has 3 aliphatic rings. The topological polar surface area (TPSA) is 41.4 Å². The number of piperidine rings is 1. The fourth-order valence-corrected chi connectivity index (χ4v) is 5.86. The first-order valence-corrected chi connectivity index (χ1v) is 12.9. The monoisotopic (exact) mass is 572 g/mol. The number of likely N-dealkylation sites (tertiary alicyclic amines) is 2. The van der Waals surface area contributed by atoms with Crippen LogP contribution < -0.4 is 0 Å². The zero-order valence-electron chi connectivity index (χ0n) is 18.5. The van der Waals surface area contributed by atoms with Crippen LogP contribution in [0.15, 0.2) is 24.3 Å². The number of aromatic nitrogens is 2. The highest BCUT2D eigenvalue weighted by molar-refractivity contribution is 14.1. The standard InChI is InChI=1S/C24H28F3IN4O/c25-24(26,27)18-5-3-4-17(14-18)22-29-21(28)20(32(22)15-16-6-7-16)23(33)31-12-8-19(9-13-31)30-10-1-2-11-30/h3-5,14,16,19H,1-2,6-13,15H2. The molecular weight excluding hydrogens is 544 g/mol. The Kier molecular flexibility index (Phi) is 6.45. The van der Waals surface area contributed by atoms with Crippen molar-refractivity contribution in [3.8, 4) is 11.4 Å². The van der Waals surface area contributed by atoms with E-state index in [1.807, 2.05) is 9.47 Å². The molecule has 0 radical (unpaired) electrons. The molecule has 9 heteroatoms. The summed E-state index contributed by atoms with van der Waals surface area (Å²) in [6.07, 6.45) is 2.19. The van der Waals surface area contributed by atoms with E-state index in [-0.39, 0.29) is 5.91 Å². The molecule has 1 amide bonds. The summed E-state index contributed by atoms with van der Waals surface area (Å²) in [5.74, 6) is 0.852. The molecule has 2 saturated heterocycles. The van der Waals surface area contributed by atoms with Crippen LogP contribution in [0, 0.1) is 9.62 Å². The van der Waals surface area contributed by atoms with Gasteiger partial charge < -0.3 is 14.4 Å². The molecule has 2 aliphatic heterocycles. The predicted molar refractivity (Wildman–Crippen MR) is 128 cm³/mol. The molecule has 1 saturated carbocycles. The van der Waals surface area contributed by atoms with E-state index in [1.165, 1.54) is 18.9 Å². The average Bonchev–Trinajstić information content (AvgIpc) is 3.32. The Hall–Kier alpha value is -1.62. The van der Waals surface area contributed by atoms with Gasteiger partial charge in [-0.3, -0.25) is 4.79 Å². The van der Waals surface area contributed by atoms with E-state index in [1.54, 1.807) is 6.07 Å². The summed E-state index contributed by atoms with van der Waals surface area (Å²) < 4.78 is 42.4. The fraction of sp³-hybridized carbons (Fsp3) is 0.583. The maximum atomic E-state index is 13.6. The van der Waals surface area contributed by atoms with E-state index >= 15 is 0 Å². The normalized spacial score (nSPS) is 20.5. The highest BCUT2D eigenvalue weighted by Crippen LogP contribution is 2.36. The van der Waals surface area contributed by atoms with Crippen molar-refractivity contribution < 1.29 is 18.0 Å². The molecule has 1 aliphatic carbocycles. The molecule has 0 unspecified atom stereocenters. The number of benzene rings is 1. The van der Waals surface area contributed by atoms with E-state index in [0.717, 1.165) is 50.9 Å². The third-order valence-corrected chi connectivity index (χ3v) is 7.87. The molecule has 1 aromatic carbocycles. The van der Waals surface area contributed by atoms with Gasteiger partial charge in [0.05, 0.1) is 5.56 Å². The van der Waals surface area contributed by atoms with Gasteiger partial charge in [-0.05, 0) is 92.3 Å².